The summed E-state index contributed by atoms with van der Waals surface area (Å²) in [4.78, 5) is 8.71. The lowest BCUT2D eigenvalue weighted by molar-refractivity contribution is 0.526. The molecule has 1 unspecified atom stereocenters. The average Bonchev–Trinajstić information content (AvgIpc) is 2.97. The van der Waals surface area contributed by atoms with Gasteiger partial charge in [0.05, 0.1) is 17.1 Å². The summed E-state index contributed by atoms with van der Waals surface area (Å²) in [6.45, 7) is 0. The van der Waals surface area contributed by atoms with Gasteiger partial charge in [-0.1, -0.05) is 30.3 Å². The van der Waals surface area contributed by atoms with Crippen molar-refractivity contribution in [1.29, 1.82) is 0 Å². The molecule has 0 bridgehead atoms. The SMILES string of the molecule is NC(c1cc2ccccc2o1)c1cccc2nccnc12. The number of rotatable bonds is 2. The minimum Gasteiger partial charge on any atom is -0.459 e. The first kappa shape index (κ1) is 12.1. The van der Waals surface area contributed by atoms with Gasteiger partial charge in [-0.2, -0.15) is 0 Å². The number of nitrogens with two attached hydrogens (primary N) is 1. The third-order valence-electron chi connectivity index (χ3n) is 3.62. The van der Waals surface area contributed by atoms with E-state index in [0.717, 1.165) is 33.3 Å². The summed E-state index contributed by atoms with van der Waals surface area (Å²) < 4.78 is 5.86. The summed E-state index contributed by atoms with van der Waals surface area (Å²) >= 11 is 0. The Hall–Kier alpha value is -2.72. The molecule has 4 aromatic rings. The summed E-state index contributed by atoms with van der Waals surface area (Å²) in [7, 11) is 0. The highest BCUT2D eigenvalue weighted by atomic mass is 16.3. The molecule has 2 heterocycles. The largest absolute Gasteiger partial charge is 0.459 e. The summed E-state index contributed by atoms with van der Waals surface area (Å²) in [6.07, 6.45) is 3.36. The van der Waals surface area contributed by atoms with Gasteiger partial charge in [-0.3, -0.25) is 9.97 Å². The Kier molecular flexibility index (Phi) is 2.69. The van der Waals surface area contributed by atoms with Gasteiger partial charge in [0, 0.05) is 23.3 Å². The molecule has 0 aliphatic carbocycles. The Morgan fingerprint density at radius 1 is 0.952 bits per heavy atom. The third kappa shape index (κ3) is 1.97. The Labute approximate surface area is 121 Å². The monoisotopic (exact) mass is 275 g/mol. The van der Waals surface area contributed by atoms with E-state index in [1.165, 1.54) is 0 Å². The lowest BCUT2D eigenvalue weighted by Gasteiger charge is -2.11. The molecule has 0 fully saturated rings. The second-order valence-electron chi connectivity index (χ2n) is 4.94. The van der Waals surface area contributed by atoms with E-state index in [9.17, 15) is 0 Å². The second-order valence-corrected chi connectivity index (χ2v) is 4.94. The molecule has 1 atom stereocenters. The van der Waals surface area contributed by atoms with Crippen LogP contribution in [0.2, 0.25) is 0 Å². The van der Waals surface area contributed by atoms with Crippen LogP contribution in [-0.4, -0.2) is 9.97 Å². The summed E-state index contributed by atoms with van der Waals surface area (Å²) in [5.41, 5.74) is 9.79. The van der Waals surface area contributed by atoms with Crippen LogP contribution in [-0.2, 0) is 0 Å². The van der Waals surface area contributed by atoms with Crippen LogP contribution >= 0.6 is 0 Å². The van der Waals surface area contributed by atoms with Gasteiger partial charge >= 0.3 is 0 Å². The number of para-hydroxylation sites is 2. The maximum absolute atomic E-state index is 6.38. The molecule has 0 aliphatic heterocycles. The molecule has 4 nitrogen and oxygen atoms in total. The fourth-order valence-electron chi connectivity index (χ4n) is 2.57. The fourth-order valence-corrected chi connectivity index (χ4v) is 2.57. The van der Waals surface area contributed by atoms with Gasteiger partial charge in [-0.25, -0.2) is 0 Å². The van der Waals surface area contributed by atoms with Gasteiger partial charge < -0.3 is 10.2 Å². The minimum absolute atomic E-state index is 0.363. The van der Waals surface area contributed by atoms with Gasteiger partial charge in [0.15, 0.2) is 0 Å². The second kappa shape index (κ2) is 4.68. The zero-order valence-electron chi connectivity index (χ0n) is 11.2. The Balaban J connectivity index is 1.87. The van der Waals surface area contributed by atoms with Crippen LogP contribution in [0.25, 0.3) is 22.0 Å². The highest BCUT2D eigenvalue weighted by molar-refractivity contribution is 5.80. The third-order valence-corrected chi connectivity index (χ3v) is 3.62. The predicted molar refractivity (Wildman–Crippen MR) is 81.8 cm³/mol. The smallest absolute Gasteiger partial charge is 0.134 e. The molecule has 0 aliphatic rings. The maximum atomic E-state index is 6.38. The Morgan fingerprint density at radius 2 is 1.81 bits per heavy atom. The first-order chi connectivity index (χ1) is 10.3. The van der Waals surface area contributed by atoms with Crippen molar-refractivity contribution in [3.63, 3.8) is 0 Å². The van der Waals surface area contributed by atoms with E-state index in [-0.39, 0.29) is 6.04 Å². The summed E-state index contributed by atoms with van der Waals surface area (Å²) in [5, 5.41) is 1.05. The quantitative estimate of drug-likeness (QED) is 0.608. The molecule has 0 saturated heterocycles. The number of hydrogen-bond donors (Lipinski definition) is 1. The number of hydrogen-bond acceptors (Lipinski definition) is 4. The standard InChI is InChI=1S/C17H13N3O/c18-16(15-10-11-4-1-2-7-14(11)21-15)12-5-3-6-13-17(12)20-9-8-19-13/h1-10,16H,18H2. The molecule has 2 N–H and O–H groups in total. The molecular weight excluding hydrogens is 262 g/mol. The lowest BCUT2D eigenvalue weighted by Crippen LogP contribution is -2.12. The van der Waals surface area contributed by atoms with Gasteiger partial charge in [0.1, 0.15) is 11.3 Å². The highest BCUT2D eigenvalue weighted by Gasteiger charge is 2.17. The van der Waals surface area contributed by atoms with E-state index >= 15 is 0 Å². The zero-order valence-corrected chi connectivity index (χ0v) is 11.2. The van der Waals surface area contributed by atoms with Crippen molar-refractivity contribution in [3.8, 4) is 0 Å². The van der Waals surface area contributed by atoms with Crippen LogP contribution in [0.5, 0.6) is 0 Å². The van der Waals surface area contributed by atoms with Crippen molar-refractivity contribution in [2.75, 3.05) is 0 Å². The van der Waals surface area contributed by atoms with Gasteiger partial charge in [0.25, 0.3) is 0 Å². The van der Waals surface area contributed by atoms with Crippen LogP contribution in [0.1, 0.15) is 17.4 Å². The average molecular weight is 275 g/mol. The molecule has 4 rings (SSSR count). The van der Waals surface area contributed by atoms with Crippen LogP contribution in [0.3, 0.4) is 0 Å². The molecule has 0 spiro atoms. The molecular formula is C17H13N3O. The highest BCUT2D eigenvalue weighted by Crippen LogP contribution is 2.29. The predicted octanol–water partition coefficient (Wildman–Crippen LogP) is 3.42. The number of benzene rings is 2. The van der Waals surface area contributed by atoms with Gasteiger partial charge in [-0.15, -0.1) is 0 Å². The number of nitrogens with zero attached hydrogens (tertiary/aromatic N) is 2. The van der Waals surface area contributed by atoms with E-state index in [1.54, 1.807) is 12.4 Å². The van der Waals surface area contributed by atoms with Gasteiger partial charge in [-0.05, 0) is 18.2 Å². The number of aromatic nitrogens is 2. The fraction of sp³-hybridized carbons (Fsp3) is 0.0588. The van der Waals surface area contributed by atoms with E-state index in [1.807, 2.05) is 48.5 Å². The molecule has 4 heteroatoms. The van der Waals surface area contributed by atoms with E-state index in [2.05, 4.69) is 9.97 Å². The zero-order chi connectivity index (χ0) is 14.2. The maximum Gasteiger partial charge on any atom is 0.134 e. The normalized spacial score (nSPS) is 12.8. The van der Waals surface area contributed by atoms with E-state index in [0.29, 0.717) is 0 Å². The van der Waals surface area contributed by atoms with Crippen molar-refractivity contribution in [1.82, 2.24) is 9.97 Å². The molecule has 0 radical (unpaired) electrons. The minimum atomic E-state index is -0.363. The number of furan rings is 1. The van der Waals surface area contributed by atoms with Gasteiger partial charge in [0.2, 0.25) is 0 Å². The summed E-state index contributed by atoms with van der Waals surface area (Å²) in [5.74, 6) is 0.731. The lowest BCUT2D eigenvalue weighted by atomic mass is 10.0. The van der Waals surface area contributed by atoms with Crippen LogP contribution in [0, 0.1) is 0 Å². The van der Waals surface area contributed by atoms with Crippen molar-refractivity contribution in [2.24, 2.45) is 5.73 Å². The number of fused-ring (bicyclic) bond motifs is 2. The first-order valence-corrected chi connectivity index (χ1v) is 6.76. The molecule has 102 valence electrons. The van der Waals surface area contributed by atoms with E-state index in [4.69, 9.17) is 10.2 Å². The Bertz CT molecular complexity index is 891. The topological polar surface area (TPSA) is 64.9 Å². The van der Waals surface area contributed by atoms with E-state index < -0.39 is 0 Å². The van der Waals surface area contributed by atoms with Crippen molar-refractivity contribution in [2.45, 2.75) is 6.04 Å². The van der Waals surface area contributed by atoms with Crippen LogP contribution in [0.4, 0.5) is 0 Å². The van der Waals surface area contributed by atoms with Crippen LogP contribution in [0.15, 0.2) is 65.3 Å². The molecule has 0 amide bonds. The Morgan fingerprint density at radius 3 is 2.71 bits per heavy atom. The molecule has 21 heavy (non-hydrogen) atoms. The van der Waals surface area contributed by atoms with Crippen molar-refractivity contribution < 1.29 is 4.42 Å². The van der Waals surface area contributed by atoms with Crippen LogP contribution < -0.4 is 5.73 Å². The first-order valence-electron chi connectivity index (χ1n) is 6.76. The molecule has 0 saturated carbocycles. The molecule has 2 aromatic heterocycles. The summed E-state index contributed by atoms with van der Waals surface area (Å²) in [6, 6.07) is 15.3. The van der Waals surface area contributed by atoms with Crippen molar-refractivity contribution in [3.05, 3.63) is 72.2 Å². The molecule has 2 aromatic carbocycles. The van der Waals surface area contributed by atoms with Crippen molar-refractivity contribution >= 4 is 22.0 Å².